The van der Waals surface area contributed by atoms with Crippen LogP contribution in [0.5, 0.6) is 0 Å². The summed E-state index contributed by atoms with van der Waals surface area (Å²) >= 11 is 0. The normalized spacial score (nSPS) is 15.7. The molecule has 1 fully saturated rings. The average Bonchev–Trinajstić information content (AvgIpc) is 2.80. The van der Waals surface area contributed by atoms with Gasteiger partial charge in [0.05, 0.1) is 0 Å². The minimum absolute atomic E-state index is 0.845. The molecule has 1 aliphatic carbocycles. The van der Waals surface area contributed by atoms with E-state index in [4.69, 9.17) is 4.42 Å². The zero-order valence-electron chi connectivity index (χ0n) is 8.98. The molecule has 2 aromatic rings. The summed E-state index contributed by atoms with van der Waals surface area (Å²) < 4.78 is 5.01. The fourth-order valence-electron chi connectivity index (χ4n) is 1.86. The highest BCUT2D eigenvalue weighted by Gasteiger charge is 1.95. The summed E-state index contributed by atoms with van der Waals surface area (Å²) in [6.45, 7) is 0. The summed E-state index contributed by atoms with van der Waals surface area (Å²) in [4.78, 5) is 3.95. The predicted molar refractivity (Wildman–Crippen MR) is 61.7 cm³/mol. The van der Waals surface area contributed by atoms with Crippen LogP contribution in [0.4, 0.5) is 0 Å². The third-order valence-electron chi connectivity index (χ3n) is 2.74. The number of hydrogen-bond acceptors (Lipinski definition) is 2. The second-order valence-corrected chi connectivity index (χ2v) is 3.94. The molecule has 3 rings (SSSR count). The van der Waals surface area contributed by atoms with Gasteiger partial charge in [-0.2, -0.15) is 0 Å². The van der Waals surface area contributed by atoms with E-state index in [0.29, 0.717) is 0 Å². The second-order valence-electron chi connectivity index (χ2n) is 3.94. The Labute approximate surface area is 90.3 Å². The van der Waals surface area contributed by atoms with Gasteiger partial charge in [0.15, 0.2) is 12.0 Å². The van der Waals surface area contributed by atoms with Gasteiger partial charge >= 0.3 is 0 Å². The van der Waals surface area contributed by atoms with Crippen molar-refractivity contribution in [2.24, 2.45) is 0 Å². The number of nitrogens with zero attached hydrogens (tertiary/aromatic N) is 1. The summed E-state index contributed by atoms with van der Waals surface area (Å²) in [7, 11) is 0. The van der Waals surface area contributed by atoms with E-state index in [1.54, 1.807) is 0 Å². The van der Waals surface area contributed by atoms with Crippen LogP contribution >= 0.6 is 0 Å². The first-order valence-electron chi connectivity index (χ1n) is 5.75. The van der Waals surface area contributed by atoms with Gasteiger partial charge in [0.25, 0.3) is 0 Å². The lowest BCUT2D eigenvalue weighted by Gasteiger charge is -2.05. The molecule has 0 amide bonds. The van der Waals surface area contributed by atoms with E-state index in [2.05, 4.69) is 4.98 Å². The van der Waals surface area contributed by atoms with Crippen LogP contribution in [-0.2, 0) is 0 Å². The Balaban J connectivity index is 0.000000124. The highest BCUT2D eigenvalue weighted by Crippen LogP contribution is 2.15. The monoisotopic (exact) mass is 203 g/mol. The molecule has 1 aromatic carbocycles. The fraction of sp³-hybridized carbons (Fsp3) is 0.462. The Kier molecular flexibility index (Phi) is 3.77. The Morgan fingerprint density at radius 3 is 2.07 bits per heavy atom. The van der Waals surface area contributed by atoms with Gasteiger partial charge in [-0.15, -0.1) is 0 Å². The largest absolute Gasteiger partial charge is 0.443 e. The number of hydrogen-bond donors (Lipinski definition) is 0. The molecule has 0 aliphatic heterocycles. The molecule has 2 nitrogen and oxygen atoms in total. The van der Waals surface area contributed by atoms with E-state index < -0.39 is 0 Å². The maximum Gasteiger partial charge on any atom is 0.181 e. The SMILES string of the molecule is C1CCCCC1.c1ccc2ocnc2c1. The first-order valence-corrected chi connectivity index (χ1v) is 5.75. The molecule has 0 saturated heterocycles. The lowest BCUT2D eigenvalue weighted by Crippen LogP contribution is -1.85. The van der Waals surface area contributed by atoms with Crippen LogP contribution in [0.25, 0.3) is 11.1 Å². The first-order chi connectivity index (χ1) is 7.47. The van der Waals surface area contributed by atoms with Crippen molar-refractivity contribution in [1.29, 1.82) is 0 Å². The number of para-hydroxylation sites is 2. The Morgan fingerprint density at radius 1 is 0.867 bits per heavy atom. The zero-order valence-corrected chi connectivity index (χ0v) is 8.98. The zero-order chi connectivity index (χ0) is 10.3. The summed E-state index contributed by atoms with van der Waals surface area (Å²) in [5.74, 6) is 0. The first kappa shape index (κ1) is 10.2. The van der Waals surface area contributed by atoms with Crippen molar-refractivity contribution < 1.29 is 4.42 Å². The summed E-state index contributed by atoms with van der Waals surface area (Å²) in [5.41, 5.74) is 1.76. The van der Waals surface area contributed by atoms with Crippen molar-refractivity contribution in [1.82, 2.24) is 4.98 Å². The molecule has 0 atom stereocenters. The fourth-order valence-corrected chi connectivity index (χ4v) is 1.86. The van der Waals surface area contributed by atoms with Gasteiger partial charge < -0.3 is 4.42 Å². The van der Waals surface area contributed by atoms with E-state index >= 15 is 0 Å². The molecule has 1 aromatic heterocycles. The van der Waals surface area contributed by atoms with Crippen LogP contribution in [0.1, 0.15) is 38.5 Å². The van der Waals surface area contributed by atoms with Gasteiger partial charge in [-0.1, -0.05) is 50.7 Å². The molecule has 1 aliphatic rings. The molecule has 1 saturated carbocycles. The number of benzene rings is 1. The molecule has 80 valence electrons. The van der Waals surface area contributed by atoms with Crippen molar-refractivity contribution in [2.45, 2.75) is 38.5 Å². The quantitative estimate of drug-likeness (QED) is 0.642. The standard InChI is InChI=1S/C7H5NO.C6H12/c1-2-4-7-6(3-1)8-5-9-7;1-2-4-6-5-3-1/h1-5H;1-6H2. The van der Waals surface area contributed by atoms with Gasteiger partial charge in [0.2, 0.25) is 0 Å². The molecule has 0 bridgehead atoms. The Morgan fingerprint density at radius 2 is 1.47 bits per heavy atom. The van der Waals surface area contributed by atoms with Crippen molar-refractivity contribution in [3.05, 3.63) is 30.7 Å². The number of oxazole rings is 1. The molecular weight excluding hydrogens is 186 g/mol. The summed E-state index contributed by atoms with van der Waals surface area (Å²) in [6, 6.07) is 7.67. The van der Waals surface area contributed by atoms with Gasteiger partial charge in [-0.3, -0.25) is 0 Å². The smallest absolute Gasteiger partial charge is 0.181 e. The van der Waals surface area contributed by atoms with Crippen LogP contribution in [0.2, 0.25) is 0 Å². The van der Waals surface area contributed by atoms with E-state index in [9.17, 15) is 0 Å². The van der Waals surface area contributed by atoms with Crippen LogP contribution in [0, 0.1) is 0 Å². The third kappa shape index (κ3) is 3.08. The van der Waals surface area contributed by atoms with Crippen LogP contribution < -0.4 is 0 Å². The maximum atomic E-state index is 5.01. The summed E-state index contributed by atoms with van der Waals surface area (Å²) in [6.07, 6.45) is 10.4. The third-order valence-corrected chi connectivity index (χ3v) is 2.74. The molecule has 0 radical (unpaired) electrons. The summed E-state index contributed by atoms with van der Waals surface area (Å²) in [5, 5.41) is 0. The molecule has 0 unspecified atom stereocenters. The number of aromatic nitrogens is 1. The Bertz CT molecular complexity index is 348. The Hall–Kier alpha value is -1.31. The molecular formula is C13H17NO. The van der Waals surface area contributed by atoms with Crippen molar-refractivity contribution >= 4 is 11.1 Å². The van der Waals surface area contributed by atoms with Crippen LogP contribution in [0.3, 0.4) is 0 Å². The lowest BCUT2D eigenvalue weighted by atomic mass is 10.0. The predicted octanol–water partition coefficient (Wildman–Crippen LogP) is 4.17. The number of rotatable bonds is 0. The highest BCUT2D eigenvalue weighted by molar-refractivity contribution is 5.71. The van der Waals surface area contributed by atoms with Gasteiger partial charge in [0.1, 0.15) is 5.52 Å². The van der Waals surface area contributed by atoms with Crippen LogP contribution in [-0.4, -0.2) is 4.98 Å². The second kappa shape index (κ2) is 5.54. The molecule has 1 heterocycles. The topological polar surface area (TPSA) is 26.0 Å². The molecule has 0 N–H and O–H groups in total. The molecule has 2 heteroatoms. The minimum Gasteiger partial charge on any atom is -0.443 e. The molecule has 0 spiro atoms. The van der Waals surface area contributed by atoms with Crippen molar-refractivity contribution in [3.8, 4) is 0 Å². The van der Waals surface area contributed by atoms with Gasteiger partial charge in [-0.05, 0) is 12.1 Å². The van der Waals surface area contributed by atoms with E-state index in [0.717, 1.165) is 11.1 Å². The number of fused-ring (bicyclic) bond motifs is 1. The highest BCUT2D eigenvalue weighted by atomic mass is 16.3. The van der Waals surface area contributed by atoms with Crippen molar-refractivity contribution in [2.75, 3.05) is 0 Å². The van der Waals surface area contributed by atoms with Crippen LogP contribution in [0.15, 0.2) is 35.1 Å². The van der Waals surface area contributed by atoms with E-state index in [-0.39, 0.29) is 0 Å². The maximum absolute atomic E-state index is 5.01. The van der Waals surface area contributed by atoms with Gasteiger partial charge in [-0.25, -0.2) is 4.98 Å². The lowest BCUT2D eigenvalue weighted by molar-refractivity contribution is 0.504. The van der Waals surface area contributed by atoms with Crippen molar-refractivity contribution in [3.63, 3.8) is 0 Å². The van der Waals surface area contributed by atoms with E-state index in [1.165, 1.54) is 44.9 Å². The average molecular weight is 203 g/mol. The molecule has 15 heavy (non-hydrogen) atoms. The van der Waals surface area contributed by atoms with Gasteiger partial charge in [0, 0.05) is 0 Å². The van der Waals surface area contributed by atoms with E-state index in [1.807, 2.05) is 24.3 Å². The minimum atomic E-state index is 0.845.